The van der Waals surface area contributed by atoms with Crippen molar-refractivity contribution in [1.82, 2.24) is 0 Å². The SMILES string of the molecule is O=Cc1cc([B-](F)(F)F)cc(C(F)(F)F)c1.[K+]. The maximum atomic E-state index is 12.3. The quantitative estimate of drug-likeness (QED) is 0.408. The van der Waals surface area contributed by atoms with Gasteiger partial charge in [0.2, 0.25) is 0 Å². The van der Waals surface area contributed by atoms with Crippen molar-refractivity contribution in [3.05, 3.63) is 29.3 Å². The molecule has 0 fully saturated rings. The van der Waals surface area contributed by atoms with E-state index in [0.717, 1.165) is 0 Å². The summed E-state index contributed by atoms with van der Waals surface area (Å²) < 4.78 is 73.3. The van der Waals surface area contributed by atoms with Crippen molar-refractivity contribution < 1.29 is 82.3 Å². The van der Waals surface area contributed by atoms with Gasteiger partial charge in [0.15, 0.2) is 0 Å². The monoisotopic (exact) mass is 280 g/mol. The van der Waals surface area contributed by atoms with Crippen LogP contribution in [0.15, 0.2) is 18.2 Å². The van der Waals surface area contributed by atoms with Crippen LogP contribution in [0, 0.1) is 0 Å². The van der Waals surface area contributed by atoms with E-state index in [9.17, 15) is 30.9 Å². The zero-order chi connectivity index (χ0) is 12.6. The number of hydrogen-bond donors (Lipinski definition) is 0. The van der Waals surface area contributed by atoms with Gasteiger partial charge in [-0.15, -0.1) is 5.46 Å². The number of aldehydes is 1. The fraction of sp³-hybridized carbons (Fsp3) is 0.125. The van der Waals surface area contributed by atoms with Gasteiger partial charge in [-0.2, -0.15) is 13.2 Å². The molecule has 0 spiro atoms. The zero-order valence-electron chi connectivity index (χ0n) is 8.56. The predicted molar refractivity (Wildman–Crippen MR) is 45.5 cm³/mol. The van der Waals surface area contributed by atoms with Gasteiger partial charge in [0.1, 0.15) is 6.29 Å². The van der Waals surface area contributed by atoms with Gasteiger partial charge in [-0.05, 0) is 6.07 Å². The molecule has 9 heteroatoms. The summed E-state index contributed by atoms with van der Waals surface area (Å²) in [5, 5.41) is 0. The van der Waals surface area contributed by atoms with E-state index in [4.69, 9.17) is 0 Å². The Morgan fingerprint density at radius 2 is 1.59 bits per heavy atom. The molecule has 0 saturated carbocycles. The molecule has 88 valence electrons. The Kier molecular flexibility index (Phi) is 5.93. The van der Waals surface area contributed by atoms with E-state index in [1.165, 1.54) is 0 Å². The van der Waals surface area contributed by atoms with Gasteiger partial charge in [-0.25, -0.2) is 0 Å². The van der Waals surface area contributed by atoms with Crippen LogP contribution in [0.4, 0.5) is 26.1 Å². The minimum atomic E-state index is -5.56. The number of carbonyl (C=O) groups excluding carboxylic acids is 1. The molecule has 0 amide bonds. The summed E-state index contributed by atoms with van der Waals surface area (Å²) in [6.07, 6.45) is -4.96. The first-order valence-corrected chi connectivity index (χ1v) is 4.02. The zero-order valence-corrected chi connectivity index (χ0v) is 11.7. The van der Waals surface area contributed by atoms with E-state index in [1.807, 2.05) is 0 Å². The summed E-state index contributed by atoms with van der Waals surface area (Å²) in [4.78, 5) is 10.2. The molecule has 0 N–H and O–H groups in total. The second kappa shape index (κ2) is 5.87. The number of halogens is 6. The Bertz CT molecular complexity index is 381. The van der Waals surface area contributed by atoms with Crippen LogP contribution < -0.4 is 56.8 Å². The van der Waals surface area contributed by atoms with Crippen LogP contribution in [0.1, 0.15) is 15.9 Å². The van der Waals surface area contributed by atoms with Crippen molar-refractivity contribution in [2.75, 3.05) is 0 Å². The van der Waals surface area contributed by atoms with Crippen LogP contribution in [0.25, 0.3) is 0 Å². The maximum Gasteiger partial charge on any atom is 1.00 e. The Balaban J connectivity index is 0.00000256. The summed E-state index contributed by atoms with van der Waals surface area (Å²) in [6.45, 7) is -5.56. The summed E-state index contributed by atoms with van der Waals surface area (Å²) in [5.74, 6) is 0. The van der Waals surface area contributed by atoms with E-state index in [2.05, 4.69) is 0 Å². The van der Waals surface area contributed by atoms with E-state index in [-0.39, 0.29) is 63.7 Å². The maximum absolute atomic E-state index is 12.3. The Morgan fingerprint density at radius 1 is 1.06 bits per heavy atom. The van der Waals surface area contributed by atoms with Crippen LogP contribution >= 0.6 is 0 Å². The standard InChI is InChI=1S/C8H4BF6O.K/c10-8(11,12)6-1-5(4-16)2-7(3-6)9(13,14)15;/h1-4H;/q-1;+1. The molecule has 0 aromatic heterocycles. The van der Waals surface area contributed by atoms with Crippen LogP contribution in [-0.4, -0.2) is 13.3 Å². The fourth-order valence-electron chi connectivity index (χ4n) is 1.10. The number of rotatable bonds is 2. The van der Waals surface area contributed by atoms with Crippen molar-refractivity contribution in [1.29, 1.82) is 0 Å². The topological polar surface area (TPSA) is 17.1 Å². The predicted octanol–water partition coefficient (Wildman–Crippen LogP) is -0.424. The first-order chi connectivity index (χ1) is 7.14. The molecule has 0 aliphatic carbocycles. The van der Waals surface area contributed by atoms with E-state index >= 15 is 0 Å². The van der Waals surface area contributed by atoms with Gasteiger partial charge in [-0.3, -0.25) is 4.79 Å². The molecule has 1 nitrogen and oxygen atoms in total. The molecule has 0 aliphatic heterocycles. The Morgan fingerprint density at radius 3 is 1.94 bits per heavy atom. The summed E-state index contributed by atoms with van der Waals surface area (Å²) in [5.41, 5.74) is -3.56. The second-order valence-electron chi connectivity index (χ2n) is 3.08. The average molecular weight is 280 g/mol. The van der Waals surface area contributed by atoms with Crippen LogP contribution in [0.2, 0.25) is 0 Å². The number of carbonyl (C=O) groups is 1. The summed E-state index contributed by atoms with van der Waals surface area (Å²) >= 11 is 0. The second-order valence-corrected chi connectivity index (χ2v) is 3.08. The third-order valence-corrected chi connectivity index (χ3v) is 1.82. The number of hydrogen-bond acceptors (Lipinski definition) is 1. The van der Waals surface area contributed by atoms with E-state index < -0.39 is 29.7 Å². The summed E-state index contributed by atoms with van der Waals surface area (Å²) in [6, 6.07) is 0.757. The molecular formula is C8H4BF6KO. The molecule has 0 radical (unpaired) electrons. The van der Waals surface area contributed by atoms with Gasteiger partial charge in [-0.1, -0.05) is 12.1 Å². The molecule has 0 bridgehead atoms. The molecule has 0 atom stereocenters. The van der Waals surface area contributed by atoms with Gasteiger partial charge in [0.25, 0.3) is 0 Å². The first-order valence-electron chi connectivity index (χ1n) is 4.02. The van der Waals surface area contributed by atoms with Crippen LogP contribution in [-0.2, 0) is 6.18 Å². The van der Waals surface area contributed by atoms with Crippen molar-refractivity contribution in [2.45, 2.75) is 6.18 Å². The third-order valence-electron chi connectivity index (χ3n) is 1.82. The molecule has 1 aromatic carbocycles. The number of benzene rings is 1. The average Bonchev–Trinajstić information content (AvgIpc) is 2.14. The first kappa shape index (κ1) is 17.2. The van der Waals surface area contributed by atoms with Crippen molar-refractivity contribution in [3.8, 4) is 0 Å². The number of alkyl halides is 3. The smallest absolute Gasteiger partial charge is 0.445 e. The van der Waals surface area contributed by atoms with Crippen LogP contribution in [0.5, 0.6) is 0 Å². The molecule has 17 heavy (non-hydrogen) atoms. The van der Waals surface area contributed by atoms with Crippen molar-refractivity contribution in [3.63, 3.8) is 0 Å². The normalized spacial score (nSPS) is 11.9. The molecule has 0 saturated heterocycles. The van der Waals surface area contributed by atoms with Gasteiger partial charge >= 0.3 is 64.5 Å². The minimum absolute atomic E-state index is 0. The Labute approximate surface area is 135 Å². The molecule has 1 aromatic rings. The van der Waals surface area contributed by atoms with E-state index in [1.54, 1.807) is 0 Å². The third kappa shape index (κ3) is 4.74. The van der Waals surface area contributed by atoms with E-state index in [0.29, 0.717) is 12.1 Å². The molecule has 0 heterocycles. The van der Waals surface area contributed by atoms with Crippen molar-refractivity contribution >= 4 is 18.7 Å². The van der Waals surface area contributed by atoms with Gasteiger partial charge in [0, 0.05) is 5.56 Å². The van der Waals surface area contributed by atoms with Crippen LogP contribution in [0.3, 0.4) is 0 Å². The van der Waals surface area contributed by atoms with Gasteiger partial charge in [0.05, 0.1) is 5.56 Å². The molecule has 1 rings (SSSR count). The summed E-state index contributed by atoms with van der Waals surface area (Å²) in [7, 11) is 0. The molecule has 0 unspecified atom stereocenters. The Hall–Kier alpha value is 0.171. The van der Waals surface area contributed by atoms with Gasteiger partial charge < -0.3 is 12.9 Å². The molecular weight excluding hydrogens is 276 g/mol. The molecule has 0 aliphatic rings. The van der Waals surface area contributed by atoms with Crippen molar-refractivity contribution in [2.24, 2.45) is 0 Å². The fourth-order valence-corrected chi connectivity index (χ4v) is 1.10. The largest absolute Gasteiger partial charge is 1.00 e. The minimum Gasteiger partial charge on any atom is -0.445 e.